The molecule has 1 fully saturated rings. The third kappa shape index (κ3) is 3.78. The maximum Gasteiger partial charge on any atom is 0.152 e. The van der Waals surface area contributed by atoms with Crippen LogP contribution in [0.2, 0.25) is 0 Å². The normalized spacial score (nSPS) is 16.6. The van der Waals surface area contributed by atoms with Gasteiger partial charge in [-0.2, -0.15) is 0 Å². The lowest BCUT2D eigenvalue weighted by atomic mass is 10.1. The average molecular weight is 328 g/mol. The van der Waals surface area contributed by atoms with Gasteiger partial charge in [-0.25, -0.2) is 0 Å². The Morgan fingerprint density at radius 3 is 2.79 bits per heavy atom. The zero-order valence-electron chi connectivity index (χ0n) is 10.7. The highest BCUT2D eigenvalue weighted by atomic mass is 79.9. The zero-order chi connectivity index (χ0) is 13.7. The minimum absolute atomic E-state index is 0.0706. The van der Waals surface area contributed by atoms with E-state index in [1.807, 2.05) is 18.2 Å². The third-order valence-corrected chi connectivity index (χ3v) is 3.84. The summed E-state index contributed by atoms with van der Waals surface area (Å²) in [5.74, 6) is 0. The maximum absolute atomic E-state index is 11.1. The number of ether oxygens (including phenoxy) is 1. The maximum atomic E-state index is 11.1. The molecule has 1 aliphatic heterocycles. The summed E-state index contributed by atoms with van der Waals surface area (Å²) in [6.07, 6.45) is 2.96. The van der Waals surface area contributed by atoms with E-state index < -0.39 is 0 Å². The number of aldehydes is 1. The molecule has 19 heavy (non-hydrogen) atoms. The standard InChI is InChI=1S/C14H18BrNO3/c15-12-2-1-11(10-18)14(9-12)16-5-3-13(4-6-16)19-8-7-17/h1-2,9-10,13,17H,3-8H2. The van der Waals surface area contributed by atoms with Crippen LogP contribution in [0.5, 0.6) is 0 Å². The molecule has 0 aliphatic carbocycles. The first kappa shape index (κ1) is 14.5. The molecule has 1 heterocycles. The molecule has 0 saturated carbocycles. The van der Waals surface area contributed by atoms with Gasteiger partial charge >= 0.3 is 0 Å². The molecule has 0 atom stereocenters. The number of hydrogen-bond acceptors (Lipinski definition) is 4. The van der Waals surface area contributed by atoms with Crippen LogP contribution in [0.15, 0.2) is 22.7 Å². The van der Waals surface area contributed by atoms with Crippen molar-refractivity contribution < 1.29 is 14.6 Å². The lowest BCUT2D eigenvalue weighted by Gasteiger charge is -2.34. The Bertz CT molecular complexity index is 431. The number of piperidine rings is 1. The van der Waals surface area contributed by atoms with Crippen LogP contribution in [-0.4, -0.2) is 43.8 Å². The van der Waals surface area contributed by atoms with E-state index in [0.717, 1.165) is 47.9 Å². The molecule has 1 aromatic carbocycles. The van der Waals surface area contributed by atoms with E-state index in [0.29, 0.717) is 6.61 Å². The van der Waals surface area contributed by atoms with Gasteiger partial charge in [0.2, 0.25) is 0 Å². The molecular weight excluding hydrogens is 310 g/mol. The smallest absolute Gasteiger partial charge is 0.152 e. The number of aliphatic hydroxyl groups excluding tert-OH is 1. The molecule has 1 aromatic rings. The zero-order valence-corrected chi connectivity index (χ0v) is 12.3. The minimum Gasteiger partial charge on any atom is -0.394 e. The van der Waals surface area contributed by atoms with Crippen LogP contribution in [0.25, 0.3) is 0 Å². The van der Waals surface area contributed by atoms with E-state index in [9.17, 15) is 4.79 Å². The number of aliphatic hydroxyl groups is 1. The Kier molecular flexibility index (Phi) is 5.36. The fourth-order valence-electron chi connectivity index (χ4n) is 2.37. The van der Waals surface area contributed by atoms with Crippen LogP contribution < -0.4 is 4.90 Å². The van der Waals surface area contributed by atoms with E-state index in [1.165, 1.54) is 0 Å². The second-order valence-corrected chi connectivity index (χ2v) is 5.52. The Morgan fingerprint density at radius 2 is 2.16 bits per heavy atom. The van der Waals surface area contributed by atoms with Crippen molar-refractivity contribution in [2.45, 2.75) is 18.9 Å². The molecule has 104 valence electrons. The molecule has 4 nitrogen and oxygen atoms in total. The van der Waals surface area contributed by atoms with Gasteiger partial charge in [-0.3, -0.25) is 4.79 Å². The Balaban J connectivity index is 2.01. The number of rotatable bonds is 5. The summed E-state index contributed by atoms with van der Waals surface area (Å²) in [7, 11) is 0. The number of nitrogens with zero attached hydrogens (tertiary/aromatic N) is 1. The summed E-state index contributed by atoms with van der Waals surface area (Å²) >= 11 is 3.44. The van der Waals surface area contributed by atoms with Crippen molar-refractivity contribution in [1.82, 2.24) is 0 Å². The van der Waals surface area contributed by atoms with Crippen molar-refractivity contribution in [3.63, 3.8) is 0 Å². The summed E-state index contributed by atoms with van der Waals surface area (Å²) in [5.41, 5.74) is 1.70. The molecule has 0 aromatic heterocycles. The van der Waals surface area contributed by atoms with Crippen LogP contribution in [0.4, 0.5) is 5.69 Å². The van der Waals surface area contributed by atoms with Gasteiger partial charge < -0.3 is 14.7 Å². The first-order valence-corrected chi connectivity index (χ1v) is 7.26. The summed E-state index contributed by atoms with van der Waals surface area (Å²) in [4.78, 5) is 13.3. The highest BCUT2D eigenvalue weighted by Gasteiger charge is 2.21. The van der Waals surface area contributed by atoms with E-state index >= 15 is 0 Å². The highest BCUT2D eigenvalue weighted by Crippen LogP contribution is 2.27. The lowest BCUT2D eigenvalue weighted by molar-refractivity contribution is 0.0159. The largest absolute Gasteiger partial charge is 0.394 e. The van der Waals surface area contributed by atoms with Crippen LogP contribution in [0.3, 0.4) is 0 Å². The van der Waals surface area contributed by atoms with Crippen LogP contribution in [0, 0.1) is 0 Å². The number of carbonyl (C=O) groups excluding carboxylic acids is 1. The lowest BCUT2D eigenvalue weighted by Crippen LogP contribution is -2.37. The monoisotopic (exact) mass is 327 g/mol. The fraction of sp³-hybridized carbons (Fsp3) is 0.500. The van der Waals surface area contributed by atoms with Crippen molar-refractivity contribution in [2.24, 2.45) is 0 Å². The number of carbonyl (C=O) groups is 1. The summed E-state index contributed by atoms with van der Waals surface area (Å²) < 4.78 is 6.52. The highest BCUT2D eigenvalue weighted by molar-refractivity contribution is 9.10. The summed E-state index contributed by atoms with van der Waals surface area (Å²) in [6, 6.07) is 5.70. The quantitative estimate of drug-likeness (QED) is 0.843. The van der Waals surface area contributed by atoms with E-state index in [1.54, 1.807) is 0 Å². The molecular formula is C14H18BrNO3. The summed E-state index contributed by atoms with van der Waals surface area (Å²) in [5, 5.41) is 8.75. The summed E-state index contributed by atoms with van der Waals surface area (Å²) in [6.45, 7) is 2.21. The van der Waals surface area contributed by atoms with Gasteiger partial charge in [0.1, 0.15) is 0 Å². The Morgan fingerprint density at radius 1 is 1.42 bits per heavy atom. The van der Waals surface area contributed by atoms with Crippen molar-refractivity contribution in [1.29, 1.82) is 0 Å². The molecule has 0 amide bonds. The van der Waals surface area contributed by atoms with Gasteiger partial charge in [0.05, 0.1) is 19.3 Å². The molecule has 1 aliphatic rings. The molecule has 1 saturated heterocycles. The van der Waals surface area contributed by atoms with Crippen molar-refractivity contribution in [3.8, 4) is 0 Å². The molecule has 0 spiro atoms. The average Bonchev–Trinajstić information content (AvgIpc) is 2.45. The predicted octanol–water partition coefficient (Wildman–Crippen LogP) is 2.24. The first-order valence-electron chi connectivity index (χ1n) is 6.46. The third-order valence-electron chi connectivity index (χ3n) is 3.35. The molecule has 1 N–H and O–H groups in total. The van der Waals surface area contributed by atoms with Gasteiger partial charge in [-0.1, -0.05) is 15.9 Å². The fourth-order valence-corrected chi connectivity index (χ4v) is 2.72. The Labute approximate surface area is 121 Å². The van der Waals surface area contributed by atoms with Crippen molar-refractivity contribution >= 4 is 27.9 Å². The molecule has 5 heteroatoms. The van der Waals surface area contributed by atoms with E-state index in [-0.39, 0.29) is 12.7 Å². The van der Waals surface area contributed by atoms with Gasteiger partial charge in [0.15, 0.2) is 6.29 Å². The number of anilines is 1. The van der Waals surface area contributed by atoms with Crippen LogP contribution in [-0.2, 0) is 4.74 Å². The van der Waals surface area contributed by atoms with E-state index in [2.05, 4.69) is 20.8 Å². The first-order chi connectivity index (χ1) is 9.24. The van der Waals surface area contributed by atoms with Crippen LogP contribution in [0.1, 0.15) is 23.2 Å². The van der Waals surface area contributed by atoms with Gasteiger partial charge in [0, 0.05) is 28.8 Å². The molecule has 2 rings (SSSR count). The van der Waals surface area contributed by atoms with Crippen molar-refractivity contribution in [2.75, 3.05) is 31.2 Å². The SMILES string of the molecule is O=Cc1ccc(Br)cc1N1CCC(OCCO)CC1. The number of benzene rings is 1. The van der Waals surface area contributed by atoms with Crippen LogP contribution >= 0.6 is 15.9 Å². The van der Waals surface area contributed by atoms with Gasteiger partial charge in [-0.05, 0) is 31.0 Å². The topological polar surface area (TPSA) is 49.8 Å². The second kappa shape index (κ2) is 7.03. The Hall–Kier alpha value is -0.910. The molecule has 0 bridgehead atoms. The number of halogens is 1. The van der Waals surface area contributed by atoms with Gasteiger partial charge in [0.25, 0.3) is 0 Å². The van der Waals surface area contributed by atoms with Crippen molar-refractivity contribution in [3.05, 3.63) is 28.2 Å². The minimum atomic E-state index is 0.0706. The predicted molar refractivity (Wildman–Crippen MR) is 77.8 cm³/mol. The second-order valence-electron chi connectivity index (χ2n) is 4.60. The molecule has 0 unspecified atom stereocenters. The number of hydrogen-bond donors (Lipinski definition) is 1. The van der Waals surface area contributed by atoms with E-state index in [4.69, 9.17) is 9.84 Å². The molecule has 0 radical (unpaired) electrons. The van der Waals surface area contributed by atoms with Gasteiger partial charge in [-0.15, -0.1) is 0 Å².